The van der Waals surface area contributed by atoms with Gasteiger partial charge < -0.3 is 5.32 Å². The number of hydrogen-bond donors (Lipinski definition) is 1. The Balaban J connectivity index is 2.18. The van der Waals surface area contributed by atoms with Crippen molar-refractivity contribution in [3.63, 3.8) is 0 Å². The Morgan fingerprint density at radius 1 is 1.14 bits per heavy atom. The van der Waals surface area contributed by atoms with Gasteiger partial charge in [-0.15, -0.1) is 0 Å². The molecule has 0 spiro atoms. The van der Waals surface area contributed by atoms with E-state index in [9.17, 15) is 0 Å². The molecule has 1 aromatic carbocycles. The van der Waals surface area contributed by atoms with E-state index in [4.69, 9.17) is 23.2 Å². The van der Waals surface area contributed by atoms with Gasteiger partial charge in [-0.3, -0.25) is 4.57 Å². The lowest BCUT2D eigenvalue weighted by atomic mass is 10.2. The summed E-state index contributed by atoms with van der Waals surface area (Å²) in [5, 5.41) is 3.76. The number of rotatable bonds is 3. The monoisotopic (exact) mass is 320 g/mol. The molecular weight excluding hydrogens is 311 g/mol. The largest absolute Gasteiger partial charge is 0.357 e. The van der Waals surface area contributed by atoms with Gasteiger partial charge in [0.25, 0.3) is 0 Å². The summed E-state index contributed by atoms with van der Waals surface area (Å²) >= 11 is 12.3. The van der Waals surface area contributed by atoms with Crippen LogP contribution in [0.2, 0.25) is 10.0 Å². The quantitative estimate of drug-likeness (QED) is 0.803. The molecule has 6 nitrogen and oxygen atoms in total. The Kier molecular flexibility index (Phi) is 3.72. The van der Waals surface area contributed by atoms with Crippen LogP contribution in [0.3, 0.4) is 0 Å². The van der Waals surface area contributed by atoms with Crippen LogP contribution < -0.4 is 5.32 Å². The van der Waals surface area contributed by atoms with E-state index in [1.165, 1.54) is 0 Å². The molecule has 0 aliphatic heterocycles. The standard InChI is InChI=1S/C13H10Cl2N6/c1-16-12-18-11(8-3-2-4-9(14)10(8)15)19-13(20-12)21-6-5-17-7-21/h2-7H,1H3,(H,16,18,19,20). The molecule has 2 aromatic heterocycles. The first-order chi connectivity index (χ1) is 10.2. The van der Waals surface area contributed by atoms with Gasteiger partial charge in [0.05, 0.1) is 10.0 Å². The van der Waals surface area contributed by atoms with E-state index in [1.807, 2.05) is 0 Å². The summed E-state index contributed by atoms with van der Waals surface area (Å²) in [6, 6.07) is 5.31. The molecule has 0 aliphatic carbocycles. The Morgan fingerprint density at radius 3 is 2.71 bits per heavy atom. The number of aromatic nitrogens is 5. The highest BCUT2D eigenvalue weighted by molar-refractivity contribution is 6.43. The highest BCUT2D eigenvalue weighted by Gasteiger charge is 2.13. The average Bonchev–Trinajstić information content (AvgIpc) is 3.04. The molecular formula is C13H10Cl2N6. The van der Waals surface area contributed by atoms with Crippen molar-refractivity contribution in [3.05, 3.63) is 47.0 Å². The molecule has 0 amide bonds. The van der Waals surface area contributed by atoms with Crippen LogP contribution in [0.4, 0.5) is 5.95 Å². The molecule has 21 heavy (non-hydrogen) atoms. The second-order valence-corrected chi connectivity index (χ2v) is 4.89. The molecule has 0 saturated heterocycles. The van der Waals surface area contributed by atoms with Gasteiger partial charge in [0.2, 0.25) is 11.9 Å². The van der Waals surface area contributed by atoms with Crippen molar-refractivity contribution >= 4 is 29.2 Å². The van der Waals surface area contributed by atoms with Gasteiger partial charge in [-0.1, -0.05) is 29.3 Å². The number of anilines is 1. The summed E-state index contributed by atoms with van der Waals surface area (Å²) in [7, 11) is 1.73. The van der Waals surface area contributed by atoms with Gasteiger partial charge in [0.1, 0.15) is 6.33 Å². The molecule has 0 radical (unpaired) electrons. The molecule has 0 fully saturated rings. The van der Waals surface area contributed by atoms with E-state index in [1.54, 1.807) is 48.5 Å². The molecule has 0 bridgehead atoms. The Hall–Kier alpha value is -2.18. The van der Waals surface area contributed by atoms with Gasteiger partial charge in [0.15, 0.2) is 5.82 Å². The summed E-state index contributed by atoms with van der Waals surface area (Å²) in [4.78, 5) is 17.0. The molecule has 2 heterocycles. The first-order valence-corrected chi connectivity index (χ1v) is 6.81. The molecule has 0 saturated carbocycles. The molecule has 0 unspecified atom stereocenters. The van der Waals surface area contributed by atoms with Gasteiger partial charge in [0, 0.05) is 25.0 Å². The molecule has 3 rings (SSSR count). The van der Waals surface area contributed by atoms with Crippen LogP contribution in [0, 0.1) is 0 Å². The fourth-order valence-electron chi connectivity index (χ4n) is 1.77. The minimum absolute atomic E-state index is 0.406. The third-order valence-electron chi connectivity index (χ3n) is 2.78. The van der Waals surface area contributed by atoms with Crippen LogP contribution in [-0.4, -0.2) is 31.6 Å². The smallest absolute Gasteiger partial charge is 0.240 e. The highest BCUT2D eigenvalue weighted by atomic mass is 35.5. The average molecular weight is 321 g/mol. The third kappa shape index (κ3) is 2.68. The summed E-state index contributed by atoms with van der Waals surface area (Å²) in [6.45, 7) is 0. The molecule has 0 atom stereocenters. The van der Waals surface area contributed by atoms with Crippen LogP contribution in [0.5, 0.6) is 0 Å². The van der Waals surface area contributed by atoms with Crippen molar-refractivity contribution < 1.29 is 0 Å². The van der Waals surface area contributed by atoms with Crippen LogP contribution >= 0.6 is 23.2 Å². The topological polar surface area (TPSA) is 68.5 Å². The van der Waals surface area contributed by atoms with Gasteiger partial charge >= 0.3 is 0 Å². The Morgan fingerprint density at radius 2 is 2.00 bits per heavy atom. The van der Waals surface area contributed by atoms with Crippen molar-refractivity contribution in [2.24, 2.45) is 0 Å². The number of benzene rings is 1. The van der Waals surface area contributed by atoms with Gasteiger partial charge in [-0.05, 0) is 12.1 Å². The number of hydrogen-bond acceptors (Lipinski definition) is 5. The van der Waals surface area contributed by atoms with Gasteiger partial charge in [-0.25, -0.2) is 4.98 Å². The second-order valence-electron chi connectivity index (χ2n) is 4.10. The minimum atomic E-state index is 0.406. The van der Waals surface area contributed by atoms with E-state index in [0.717, 1.165) is 0 Å². The highest BCUT2D eigenvalue weighted by Crippen LogP contribution is 2.32. The summed E-state index contributed by atoms with van der Waals surface area (Å²) in [5.74, 6) is 1.31. The molecule has 106 valence electrons. The van der Waals surface area contributed by atoms with E-state index < -0.39 is 0 Å². The zero-order chi connectivity index (χ0) is 14.8. The van der Waals surface area contributed by atoms with Crippen LogP contribution in [-0.2, 0) is 0 Å². The van der Waals surface area contributed by atoms with E-state index in [0.29, 0.717) is 33.3 Å². The van der Waals surface area contributed by atoms with Crippen molar-refractivity contribution in [2.75, 3.05) is 12.4 Å². The summed E-state index contributed by atoms with van der Waals surface area (Å²) in [6.07, 6.45) is 5.01. The summed E-state index contributed by atoms with van der Waals surface area (Å²) in [5.41, 5.74) is 0.643. The second kappa shape index (κ2) is 5.67. The van der Waals surface area contributed by atoms with E-state index >= 15 is 0 Å². The van der Waals surface area contributed by atoms with Crippen molar-refractivity contribution in [2.45, 2.75) is 0 Å². The fourth-order valence-corrected chi connectivity index (χ4v) is 2.15. The maximum atomic E-state index is 6.23. The van der Waals surface area contributed by atoms with E-state index in [-0.39, 0.29) is 0 Å². The van der Waals surface area contributed by atoms with Crippen LogP contribution in [0.15, 0.2) is 36.9 Å². The maximum Gasteiger partial charge on any atom is 0.240 e. The lowest BCUT2D eigenvalue weighted by Gasteiger charge is -2.08. The van der Waals surface area contributed by atoms with Crippen molar-refractivity contribution in [1.82, 2.24) is 24.5 Å². The number of nitrogens with one attached hydrogen (secondary N) is 1. The number of halogens is 2. The molecule has 1 N–H and O–H groups in total. The van der Waals surface area contributed by atoms with Crippen LogP contribution in [0.25, 0.3) is 17.3 Å². The summed E-state index contributed by atoms with van der Waals surface area (Å²) < 4.78 is 1.68. The zero-order valence-corrected chi connectivity index (χ0v) is 12.5. The molecule has 3 aromatic rings. The molecule has 8 heteroatoms. The Bertz CT molecular complexity index is 772. The lowest BCUT2D eigenvalue weighted by Crippen LogP contribution is -2.07. The number of nitrogens with zero attached hydrogens (tertiary/aromatic N) is 5. The third-order valence-corrected chi connectivity index (χ3v) is 3.59. The maximum absolute atomic E-state index is 6.23. The minimum Gasteiger partial charge on any atom is -0.357 e. The lowest BCUT2D eigenvalue weighted by molar-refractivity contribution is 0.902. The first kappa shape index (κ1) is 13.8. The predicted molar refractivity (Wildman–Crippen MR) is 82.0 cm³/mol. The van der Waals surface area contributed by atoms with Gasteiger partial charge in [-0.2, -0.15) is 15.0 Å². The van der Waals surface area contributed by atoms with E-state index in [2.05, 4.69) is 25.3 Å². The normalized spacial score (nSPS) is 10.6. The zero-order valence-electron chi connectivity index (χ0n) is 11.0. The first-order valence-electron chi connectivity index (χ1n) is 6.05. The fraction of sp³-hybridized carbons (Fsp3) is 0.0769. The van der Waals surface area contributed by atoms with Crippen LogP contribution in [0.1, 0.15) is 0 Å². The van der Waals surface area contributed by atoms with Crippen molar-refractivity contribution in [3.8, 4) is 17.3 Å². The molecule has 0 aliphatic rings. The number of imidazole rings is 1. The van der Waals surface area contributed by atoms with Crippen molar-refractivity contribution in [1.29, 1.82) is 0 Å². The predicted octanol–water partition coefficient (Wildman–Crippen LogP) is 3.07. The SMILES string of the molecule is CNc1nc(-c2cccc(Cl)c2Cl)nc(-n2ccnc2)n1. The Labute approximate surface area is 130 Å².